The van der Waals surface area contributed by atoms with Crippen LogP contribution < -0.4 is 11.2 Å². The summed E-state index contributed by atoms with van der Waals surface area (Å²) < 4.78 is 0. The molecule has 0 saturated heterocycles. The van der Waals surface area contributed by atoms with Gasteiger partial charge in [0.25, 0.3) is 5.56 Å². The minimum atomic E-state index is -0.491. The zero-order valence-electron chi connectivity index (χ0n) is 11.7. The van der Waals surface area contributed by atoms with Gasteiger partial charge < -0.3 is 4.98 Å². The van der Waals surface area contributed by atoms with Crippen LogP contribution in [-0.2, 0) is 0 Å². The Morgan fingerprint density at radius 1 is 0.952 bits per heavy atom. The molecule has 0 aromatic carbocycles. The van der Waals surface area contributed by atoms with Crippen molar-refractivity contribution in [2.45, 2.75) is 38.0 Å². The maximum absolute atomic E-state index is 11.8. The molecule has 2 aromatic heterocycles. The van der Waals surface area contributed by atoms with E-state index in [1.54, 1.807) is 0 Å². The Hall–Kier alpha value is -1.85. The van der Waals surface area contributed by atoms with E-state index in [0.29, 0.717) is 23.0 Å². The van der Waals surface area contributed by atoms with Gasteiger partial charge in [-0.05, 0) is 49.4 Å². The van der Waals surface area contributed by atoms with Crippen molar-refractivity contribution >= 4 is 11.2 Å². The SMILES string of the molecule is O=c1[nH]c(=O)c2[nH]c(C3CC4CC3C3CCCC43)nc2[nH]1. The molecular weight excluding hydrogens is 268 g/mol. The summed E-state index contributed by atoms with van der Waals surface area (Å²) in [5.74, 6) is 4.70. The molecule has 6 heteroatoms. The smallest absolute Gasteiger partial charge is 0.327 e. The molecule has 3 aliphatic carbocycles. The molecule has 0 aliphatic heterocycles. The Morgan fingerprint density at radius 3 is 2.71 bits per heavy atom. The lowest BCUT2D eigenvalue weighted by Gasteiger charge is -2.30. The third-order valence-electron chi connectivity index (χ3n) is 6.19. The van der Waals surface area contributed by atoms with Crippen LogP contribution in [-0.4, -0.2) is 19.9 Å². The number of aromatic nitrogens is 4. The summed E-state index contributed by atoms with van der Waals surface area (Å²) in [7, 11) is 0. The van der Waals surface area contributed by atoms with Crippen molar-refractivity contribution in [3.63, 3.8) is 0 Å². The van der Waals surface area contributed by atoms with Crippen LogP contribution in [0, 0.1) is 23.7 Å². The molecule has 6 nitrogen and oxygen atoms in total. The Labute approximate surface area is 120 Å². The largest absolute Gasteiger partial charge is 0.336 e. The Kier molecular flexibility index (Phi) is 2.17. The second kappa shape index (κ2) is 3.87. The first-order valence-corrected chi connectivity index (χ1v) is 7.93. The molecule has 5 unspecified atom stereocenters. The number of nitrogens with one attached hydrogen (secondary N) is 3. The van der Waals surface area contributed by atoms with E-state index in [0.717, 1.165) is 23.6 Å². The molecule has 2 bridgehead atoms. The lowest BCUT2D eigenvalue weighted by atomic mass is 9.75. The van der Waals surface area contributed by atoms with E-state index >= 15 is 0 Å². The molecule has 2 heterocycles. The van der Waals surface area contributed by atoms with Gasteiger partial charge in [-0.3, -0.25) is 14.8 Å². The molecule has 2 aromatic rings. The number of fused-ring (bicyclic) bond motifs is 6. The molecule has 0 amide bonds. The molecule has 21 heavy (non-hydrogen) atoms. The summed E-state index contributed by atoms with van der Waals surface area (Å²) in [6, 6.07) is 0. The lowest BCUT2D eigenvalue weighted by Crippen LogP contribution is -2.23. The van der Waals surface area contributed by atoms with Crippen molar-refractivity contribution < 1.29 is 0 Å². The van der Waals surface area contributed by atoms with E-state index in [4.69, 9.17) is 0 Å². The molecule has 3 aliphatic rings. The zero-order valence-corrected chi connectivity index (χ0v) is 11.7. The second-order valence-corrected chi connectivity index (χ2v) is 7.01. The average Bonchev–Trinajstić information content (AvgIpc) is 3.18. The highest BCUT2D eigenvalue weighted by Gasteiger charge is 2.54. The second-order valence-electron chi connectivity index (χ2n) is 7.01. The molecule has 3 N–H and O–H groups in total. The molecule has 0 spiro atoms. The van der Waals surface area contributed by atoms with Gasteiger partial charge in [0.1, 0.15) is 11.3 Å². The van der Waals surface area contributed by atoms with E-state index < -0.39 is 5.69 Å². The van der Waals surface area contributed by atoms with E-state index in [2.05, 4.69) is 19.9 Å². The van der Waals surface area contributed by atoms with Crippen LogP contribution in [0.2, 0.25) is 0 Å². The Balaban J connectivity index is 1.58. The van der Waals surface area contributed by atoms with E-state index in [1.165, 1.54) is 32.1 Å². The van der Waals surface area contributed by atoms with Gasteiger partial charge in [-0.2, -0.15) is 0 Å². The minimum Gasteiger partial charge on any atom is -0.336 e. The number of hydrogen-bond acceptors (Lipinski definition) is 3. The zero-order chi connectivity index (χ0) is 14.1. The Morgan fingerprint density at radius 2 is 1.81 bits per heavy atom. The highest BCUT2D eigenvalue weighted by molar-refractivity contribution is 5.68. The van der Waals surface area contributed by atoms with Gasteiger partial charge in [-0.15, -0.1) is 0 Å². The van der Waals surface area contributed by atoms with Gasteiger partial charge in [-0.1, -0.05) is 6.42 Å². The molecule has 3 fully saturated rings. The van der Waals surface area contributed by atoms with Gasteiger partial charge in [0.2, 0.25) is 0 Å². The van der Waals surface area contributed by atoms with E-state index in [1.807, 2.05) is 0 Å². The number of aromatic amines is 3. The molecule has 5 rings (SSSR count). The van der Waals surface area contributed by atoms with Crippen molar-refractivity contribution in [3.8, 4) is 0 Å². The van der Waals surface area contributed by atoms with Crippen molar-refractivity contribution in [2.24, 2.45) is 23.7 Å². The summed E-state index contributed by atoms with van der Waals surface area (Å²) >= 11 is 0. The number of nitrogens with zero attached hydrogens (tertiary/aromatic N) is 1. The van der Waals surface area contributed by atoms with Crippen molar-refractivity contribution in [3.05, 3.63) is 26.7 Å². The van der Waals surface area contributed by atoms with Gasteiger partial charge in [0, 0.05) is 5.92 Å². The monoisotopic (exact) mass is 286 g/mol. The van der Waals surface area contributed by atoms with Crippen LogP contribution in [0.1, 0.15) is 43.8 Å². The third-order valence-corrected chi connectivity index (χ3v) is 6.19. The molecule has 110 valence electrons. The highest BCUT2D eigenvalue weighted by atomic mass is 16.2. The van der Waals surface area contributed by atoms with E-state index in [-0.39, 0.29) is 5.56 Å². The molecule has 5 atom stereocenters. The molecule has 3 saturated carbocycles. The van der Waals surface area contributed by atoms with Crippen molar-refractivity contribution in [1.82, 2.24) is 19.9 Å². The first-order valence-electron chi connectivity index (χ1n) is 7.93. The van der Waals surface area contributed by atoms with Gasteiger partial charge in [0.05, 0.1) is 0 Å². The lowest BCUT2D eigenvalue weighted by molar-refractivity contribution is 0.228. The normalized spacial score (nSPS) is 37.4. The summed E-state index contributed by atoms with van der Waals surface area (Å²) in [4.78, 5) is 35.7. The topological polar surface area (TPSA) is 94.4 Å². The van der Waals surface area contributed by atoms with Crippen LogP contribution >= 0.6 is 0 Å². The number of H-pyrrole nitrogens is 3. The first-order chi connectivity index (χ1) is 10.2. The summed E-state index contributed by atoms with van der Waals surface area (Å²) in [5, 5.41) is 0. The predicted octanol–water partition coefficient (Wildman–Crippen LogP) is 1.48. The maximum Gasteiger partial charge on any atom is 0.327 e. The Bertz CT molecular complexity index is 832. The number of imidazole rings is 1. The molecule has 0 radical (unpaired) electrons. The third kappa shape index (κ3) is 1.50. The predicted molar refractivity (Wildman–Crippen MR) is 77.1 cm³/mol. The summed E-state index contributed by atoms with van der Waals surface area (Å²) in [5.41, 5.74) is -0.0800. The number of hydrogen-bond donors (Lipinski definition) is 3. The number of rotatable bonds is 1. The van der Waals surface area contributed by atoms with Crippen LogP contribution in [0.3, 0.4) is 0 Å². The fourth-order valence-corrected chi connectivity index (χ4v) is 5.51. The van der Waals surface area contributed by atoms with Crippen LogP contribution in [0.15, 0.2) is 9.59 Å². The first kappa shape index (κ1) is 11.8. The van der Waals surface area contributed by atoms with Crippen LogP contribution in [0.25, 0.3) is 11.2 Å². The molecular formula is C15H18N4O2. The highest BCUT2D eigenvalue weighted by Crippen LogP contribution is 2.63. The van der Waals surface area contributed by atoms with Crippen LogP contribution in [0.4, 0.5) is 0 Å². The summed E-state index contributed by atoms with van der Waals surface area (Å²) in [6.07, 6.45) is 6.66. The van der Waals surface area contributed by atoms with Crippen molar-refractivity contribution in [1.29, 1.82) is 0 Å². The van der Waals surface area contributed by atoms with Gasteiger partial charge >= 0.3 is 5.69 Å². The van der Waals surface area contributed by atoms with E-state index in [9.17, 15) is 9.59 Å². The van der Waals surface area contributed by atoms with Gasteiger partial charge in [0.15, 0.2) is 5.65 Å². The van der Waals surface area contributed by atoms with Crippen molar-refractivity contribution in [2.75, 3.05) is 0 Å². The quantitative estimate of drug-likeness (QED) is 0.741. The summed E-state index contributed by atoms with van der Waals surface area (Å²) in [6.45, 7) is 0. The average molecular weight is 286 g/mol. The minimum absolute atomic E-state index is 0.380. The fourth-order valence-electron chi connectivity index (χ4n) is 5.51. The standard InChI is InChI=1S/C15H18N4O2/c20-14-11-13(18-15(21)19-14)17-12(16-11)10-5-6-4-9(10)8-3-1-2-7(6)8/h6-10H,1-5H2,(H3,16,17,18,19,20,21). The fraction of sp³-hybridized carbons (Fsp3) is 0.667. The van der Waals surface area contributed by atoms with Gasteiger partial charge in [-0.25, -0.2) is 9.78 Å². The van der Waals surface area contributed by atoms with Crippen LogP contribution in [0.5, 0.6) is 0 Å². The maximum atomic E-state index is 11.8.